The lowest BCUT2D eigenvalue weighted by atomic mass is 10.1. The molecular formula is C14H16F3N3O2S. The van der Waals surface area contributed by atoms with Crippen LogP contribution in [0.5, 0.6) is 5.75 Å². The molecule has 1 aliphatic heterocycles. The molecule has 1 saturated heterocycles. The Morgan fingerprint density at radius 1 is 1.48 bits per heavy atom. The molecule has 0 unspecified atom stereocenters. The van der Waals surface area contributed by atoms with Crippen molar-refractivity contribution in [1.82, 2.24) is 4.90 Å². The summed E-state index contributed by atoms with van der Waals surface area (Å²) < 4.78 is 44.2. The van der Waals surface area contributed by atoms with Crippen molar-refractivity contribution in [3.05, 3.63) is 23.8 Å². The largest absolute Gasteiger partial charge is 0.495 e. The second-order valence-electron chi connectivity index (χ2n) is 4.63. The molecule has 1 aliphatic rings. The van der Waals surface area contributed by atoms with Crippen LogP contribution in [-0.4, -0.2) is 42.1 Å². The molecule has 1 aromatic carbocycles. The maximum Gasteiger partial charge on any atom is 0.418 e. The lowest BCUT2D eigenvalue weighted by molar-refractivity contribution is -0.137. The van der Waals surface area contributed by atoms with E-state index in [1.165, 1.54) is 31.0 Å². The Kier molecular flexibility index (Phi) is 5.40. The normalized spacial score (nSPS) is 16.7. The lowest BCUT2D eigenvalue weighted by Crippen LogP contribution is -2.25. The van der Waals surface area contributed by atoms with Gasteiger partial charge in [-0.25, -0.2) is 4.79 Å². The Labute approximate surface area is 135 Å². The van der Waals surface area contributed by atoms with E-state index in [9.17, 15) is 18.0 Å². The number of carbonyl (C=O) groups is 1. The van der Waals surface area contributed by atoms with E-state index in [-0.39, 0.29) is 5.75 Å². The van der Waals surface area contributed by atoms with E-state index in [1.807, 2.05) is 11.8 Å². The summed E-state index contributed by atoms with van der Waals surface area (Å²) in [5, 5.41) is 2.70. The van der Waals surface area contributed by atoms with Crippen LogP contribution in [0.1, 0.15) is 12.5 Å². The molecule has 1 heterocycles. The van der Waals surface area contributed by atoms with Crippen LogP contribution in [0, 0.1) is 0 Å². The zero-order valence-corrected chi connectivity index (χ0v) is 13.4. The van der Waals surface area contributed by atoms with Gasteiger partial charge in [-0.15, -0.1) is 0 Å². The van der Waals surface area contributed by atoms with Crippen molar-refractivity contribution in [1.29, 1.82) is 0 Å². The fourth-order valence-corrected chi connectivity index (χ4v) is 3.16. The number of thioether (sulfide) groups is 1. The third kappa shape index (κ3) is 4.10. The van der Waals surface area contributed by atoms with Crippen LogP contribution in [0.25, 0.3) is 0 Å². The number of hydrogen-bond acceptors (Lipinski definition) is 3. The van der Waals surface area contributed by atoms with Crippen molar-refractivity contribution in [2.24, 2.45) is 4.99 Å². The van der Waals surface area contributed by atoms with Crippen LogP contribution in [0.15, 0.2) is 23.2 Å². The van der Waals surface area contributed by atoms with Gasteiger partial charge in [-0.2, -0.15) is 18.2 Å². The van der Waals surface area contributed by atoms with Crippen molar-refractivity contribution in [3.8, 4) is 5.75 Å². The number of anilines is 1. The molecule has 0 saturated carbocycles. The van der Waals surface area contributed by atoms with Crippen LogP contribution in [-0.2, 0) is 6.18 Å². The molecule has 1 N–H and O–H groups in total. The molecule has 5 nitrogen and oxygen atoms in total. The summed E-state index contributed by atoms with van der Waals surface area (Å²) in [5.41, 5.74) is -1.40. The van der Waals surface area contributed by atoms with Gasteiger partial charge >= 0.3 is 12.2 Å². The van der Waals surface area contributed by atoms with Crippen molar-refractivity contribution in [2.45, 2.75) is 13.1 Å². The van der Waals surface area contributed by atoms with E-state index in [2.05, 4.69) is 10.3 Å². The summed E-state index contributed by atoms with van der Waals surface area (Å²) in [6.07, 6.45) is -4.61. The minimum absolute atomic E-state index is 0.0696. The molecule has 2 amide bonds. The number of urea groups is 1. The summed E-state index contributed by atoms with van der Waals surface area (Å²) in [5.74, 6) is 0.724. The van der Waals surface area contributed by atoms with Gasteiger partial charge in [-0.1, -0.05) is 17.8 Å². The molecule has 1 fully saturated rings. The number of hydrogen-bond donors (Lipinski definition) is 1. The fourth-order valence-electron chi connectivity index (χ4n) is 2.12. The third-order valence-corrected chi connectivity index (χ3v) is 4.22. The first-order valence-corrected chi connectivity index (χ1v) is 7.87. The van der Waals surface area contributed by atoms with Gasteiger partial charge in [-0.05, 0) is 19.1 Å². The van der Waals surface area contributed by atoms with Gasteiger partial charge in [0.25, 0.3) is 0 Å². The van der Waals surface area contributed by atoms with Gasteiger partial charge in [0, 0.05) is 18.8 Å². The summed E-state index contributed by atoms with van der Waals surface area (Å²) >= 11 is 1.40. The number of nitrogens with one attached hydrogen (secondary N) is 1. The van der Waals surface area contributed by atoms with Gasteiger partial charge in [0.2, 0.25) is 0 Å². The van der Waals surface area contributed by atoms with E-state index >= 15 is 0 Å². The summed E-state index contributed by atoms with van der Waals surface area (Å²) in [7, 11) is 1.24. The lowest BCUT2D eigenvalue weighted by Gasteiger charge is -2.17. The van der Waals surface area contributed by atoms with Crippen molar-refractivity contribution in [2.75, 3.05) is 31.3 Å². The number of methoxy groups -OCH3 is 1. The highest BCUT2D eigenvalue weighted by Crippen LogP contribution is 2.39. The van der Waals surface area contributed by atoms with Crippen LogP contribution < -0.4 is 10.1 Å². The number of amides is 2. The van der Waals surface area contributed by atoms with Crippen molar-refractivity contribution in [3.63, 3.8) is 0 Å². The number of halogens is 3. The topological polar surface area (TPSA) is 53.9 Å². The Morgan fingerprint density at radius 2 is 2.22 bits per heavy atom. The molecule has 0 radical (unpaired) electrons. The number of benzene rings is 1. The Hall–Kier alpha value is -1.90. The molecule has 23 heavy (non-hydrogen) atoms. The predicted octanol–water partition coefficient (Wildman–Crippen LogP) is 3.67. The molecule has 0 aromatic heterocycles. The minimum atomic E-state index is -4.61. The molecular weight excluding hydrogens is 331 g/mol. The van der Waals surface area contributed by atoms with Gasteiger partial charge in [-0.3, -0.25) is 0 Å². The fraction of sp³-hybridized carbons (Fsp3) is 0.429. The number of para-hydroxylation sites is 1. The maximum absolute atomic E-state index is 13.1. The Bertz CT molecular complexity index is 620. The van der Waals surface area contributed by atoms with Crippen LogP contribution in [0.4, 0.5) is 23.7 Å². The first-order chi connectivity index (χ1) is 10.9. The molecule has 0 aliphatic carbocycles. The SMILES string of the molecule is CCN1CCSC1=NC(=O)Nc1c(OC)cccc1C(F)(F)F. The van der Waals surface area contributed by atoms with Gasteiger partial charge < -0.3 is 15.0 Å². The van der Waals surface area contributed by atoms with E-state index < -0.39 is 23.5 Å². The van der Waals surface area contributed by atoms with E-state index in [0.717, 1.165) is 18.4 Å². The smallest absolute Gasteiger partial charge is 0.418 e. The number of amidine groups is 1. The number of ether oxygens (including phenoxy) is 1. The predicted molar refractivity (Wildman–Crippen MR) is 84.2 cm³/mol. The monoisotopic (exact) mass is 347 g/mol. The number of aliphatic imine (C=N–C) groups is 1. The summed E-state index contributed by atoms with van der Waals surface area (Å²) in [6, 6.07) is 2.59. The molecule has 0 spiro atoms. The average molecular weight is 347 g/mol. The Balaban J connectivity index is 2.29. The summed E-state index contributed by atoms with van der Waals surface area (Å²) in [4.78, 5) is 17.8. The van der Waals surface area contributed by atoms with Gasteiger partial charge in [0.15, 0.2) is 5.17 Å². The standard InChI is InChI=1S/C14H16F3N3O2S/c1-3-20-7-8-23-13(20)19-12(21)18-11-9(14(15,16)17)5-4-6-10(11)22-2/h4-6H,3,7-8H2,1-2H3,(H,18,21). The Morgan fingerprint density at radius 3 is 2.83 bits per heavy atom. The van der Waals surface area contributed by atoms with Crippen molar-refractivity contribution < 1.29 is 22.7 Å². The van der Waals surface area contributed by atoms with Gasteiger partial charge in [0.1, 0.15) is 5.75 Å². The van der Waals surface area contributed by atoms with Crippen molar-refractivity contribution >= 4 is 28.6 Å². The number of alkyl halides is 3. The van der Waals surface area contributed by atoms with E-state index in [1.54, 1.807) is 0 Å². The maximum atomic E-state index is 13.1. The first kappa shape index (κ1) is 17.5. The average Bonchev–Trinajstić information content (AvgIpc) is 2.93. The zero-order chi connectivity index (χ0) is 17.0. The minimum Gasteiger partial charge on any atom is -0.495 e. The second-order valence-corrected chi connectivity index (χ2v) is 5.70. The molecule has 2 rings (SSSR count). The third-order valence-electron chi connectivity index (χ3n) is 3.23. The molecule has 1 aromatic rings. The van der Waals surface area contributed by atoms with Crippen LogP contribution in [0.2, 0.25) is 0 Å². The second kappa shape index (κ2) is 7.12. The highest BCUT2D eigenvalue weighted by Gasteiger charge is 2.35. The van der Waals surface area contributed by atoms with Gasteiger partial charge in [0.05, 0.1) is 18.4 Å². The molecule has 0 bridgehead atoms. The molecule has 126 valence electrons. The molecule has 9 heteroatoms. The number of rotatable bonds is 3. The van der Waals surface area contributed by atoms with Crippen LogP contribution >= 0.6 is 11.8 Å². The van der Waals surface area contributed by atoms with Crippen LogP contribution in [0.3, 0.4) is 0 Å². The first-order valence-electron chi connectivity index (χ1n) is 6.88. The summed E-state index contributed by atoms with van der Waals surface area (Å²) in [6.45, 7) is 3.36. The molecule has 0 atom stereocenters. The zero-order valence-electron chi connectivity index (χ0n) is 12.6. The number of nitrogens with zero attached hydrogens (tertiary/aromatic N) is 2. The quantitative estimate of drug-likeness (QED) is 0.906. The van der Waals surface area contributed by atoms with E-state index in [0.29, 0.717) is 11.7 Å². The number of carbonyl (C=O) groups excluding carboxylic acids is 1. The highest BCUT2D eigenvalue weighted by molar-refractivity contribution is 8.14. The highest BCUT2D eigenvalue weighted by atomic mass is 32.2. The van der Waals surface area contributed by atoms with E-state index in [4.69, 9.17) is 4.74 Å².